The van der Waals surface area contributed by atoms with Gasteiger partial charge >= 0.3 is 0 Å². The van der Waals surface area contributed by atoms with Crippen LogP contribution in [0, 0.1) is 5.92 Å². The summed E-state index contributed by atoms with van der Waals surface area (Å²) in [6.07, 6.45) is 2.40. The Morgan fingerprint density at radius 1 is 1.07 bits per heavy atom. The smallest absolute Gasteiger partial charge is 0.191 e. The van der Waals surface area contributed by atoms with Gasteiger partial charge < -0.3 is 20.3 Å². The van der Waals surface area contributed by atoms with Gasteiger partial charge in [0.15, 0.2) is 5.96 Å². The summed E-state index contributed by atoms with van der Waals surface area (Å²) < 4.78 is 5.56. The van der Waals surface area contributed by atoms with Crippen LogP contribution in [-0.4, -0.2) is 75.8 Å². The Labute approximate surface area is 177 Å². The van der Waals surface area contributed by atoms with Crippen LogP contribution < -0.4 is 10.6 Å². The van der Waals surface area contributed by atoms with Crippen molar-refractivity contribution in [3.63, 3.8) is 0 Å². The number of nitrogens with one attached hydrogen (secondary N) is 2. The van der Waals surface area contributed by atoms with Gasteiger partial charge in [-0.15, -0.1) is 0 Å². The molecule has 1 aliphatic rings. The first-order valence-electron chi connectivity index (χ1n) is 11.1. The van der Waals surface area contributed by atoms with E-state index in [9.17, 15) is 0 Å². The quantitative estimate of drug-likeness (QED) is 0.464. The third-order valence-electron chi connectivity index (χ3n) is 5.79. The molecule has 0 spiro atoms. The molecule has 1 unspecified atom stereocenters. The molecular weight excluding hydrogens is 362 g/mol. The van der Waals surface area contributed by atoms with Crippen LogP contribution in [0.25, 0.3) is 0 Å². The van der Waals surface area contributed by atoms with E-state index in [1.165, 1.54) is 24.0 Å². The standard InChI is InChI=1S/C23H41N5O/c1-6-21(7-2)22(28-12-14-29-15-13-28)17-26-23(24-3)25-16-19-8-10-20(11-9-19)18-27(4)5/h8-11,21-22H,6-7,12-18H2,1-5H3,(H2,24,25,26). The second kappa shape index (κ2) is 12.8. The zero-order chi connectivity index (χ0) is 21.1. The van der Waals surface area contributed by atoms with Crippen molar-refractivity contribution in [3.05, 3.63) is 35.4 Å². The fourth-order valence-corrected chi connectivity index (χ4v) is 4.07. The minimum Gasteiger partial charge on any atom is -0.379 e. The average molecular weight is 404 g/mol. The molecule has 1 aliphatic heterocycles. The fraction of sp³-hybridized carbons (Fsp3) is 0.696. The van der Waals surface area contributed by atoms with Gasteiger partial charge in [-0.2, -0.15) is 0 Å². The molecule has 2 rings (SSSR count). The number of ether oxygens (including phenoxy) is 1. The lowest BCUT2D eigenvalue weighted by atomic mass is 9.92. The van der Waals surface area contributed by atoms with E-state index in [1.807, 2.05) is 7.05 Å². The maximum absolute atomic E-state index is 5.56. The van der Waals surface area contributed by atoms with Crippen LogP contribution in [0.1, 0.15) is 37.8 Å². The molecule has 1 aromatic carbocycles. The molecule has 0 saturated carbocycles. The van der Waals surface area contributed by atoms with Crippen molar-refractivity contribution in [3.8, 4) is 0 Å². The van der Waals surface area contributed by atoms with Crippen molar-refractivity contribution in [2.75, 3.05) is 54.0 Å². The molecule has 1 saturated heterocycles. The lowest BCUT2D eigenvalue weighted by Gasteiger charge is -2.39. The van der Waals surface area contributed by atoms with E-state index in [-0.39, 0.29) is 0 Å². The Bertz CT molecular complexity index is 592. The first-order valence-corrected chi connectivity index (χ1v) is 11.1. The number of hydrogen-bond acceptors (Lipinski definition) is 4. The zero-order valence-corrected chi connectivity index (χ0v) is 19.1. The van der Waals surface area contributed by atoms with Gasteiger partial charge in [0.05, 0.1) is 13.2 Å². The van der Waals surface area contributed by atoms with Crippen molar-refractivity contribution in [1.29, 1.82) is 0 Å². The van der Waals surface area contributed by atoms with Crippen molar-refractivity contribution < 1.29 is 4.74 Å². The van der Waals surface area contributed by atoms with Gasteiger partial charge in [0.25, 0.3) is 0 Å². The Kier molecular flexibility index (Phi) is 10.5. The maximum Gasteiger partial charge on any atom is 0.191 e. The molecule has 29 heavy (non-hydrogen) atoms. The summed E-state index contributed by atoms with van der Waals surface area (Å²) >= 11 is 0. The molecule has 0 aliphatic carbocycles. The normalized spacial score (nSPS) is 17.0. The lowest BCUT2D eigenvalue weighted by molar-refractivity contribution is 0.00272. The van der Waals surface area contributed by atoms with E-state index in [0.717, 1.165) is 51.9 Å². The summed E-state index contributed by atoms with van der Waals surface area (Å²) in [4.78, 5) is 9.21. The van der Waals surface area contributed by atoms with E-state index < -0.39 is 0 Å². The molecule has 6 nitrogen and oxygen atoms in total. The SMILES string of the molecule is CCC(CC)C(CNC(=NC)NCc1ccc(CN(C)C)cc1)N1CCOCC1. The van der Waals surface area contributed by atoms with E-state index in [2.05, 4.69) is 77.6 Å². The Balaban J connectivity index is 1.88. The monoisotopic (exact) mass is 403 g/mol. The summed E-state index contributed by atoms with van der Waals surface area (Å²) in [5, 5.41) is 7.04. The van der Waals surface area contributed by atoms with Gasteiger partial charge in [-0.3, -0.25) is 9.89 Å². The van der Waals surface area contributed by atoms with E-state index in [0.29, 0.717) is 12.0 Å². The maximum atomic E-state index is 5.56. The Morgan fingerprint density at radius 2 is 1.69 bits per heavy atom. The van der Waals surface area contributed by atoms with Gasteiger partial charge in [-0.1, -0.05) is 51.0 Å². The van der Waals surface area contributed by atoms with Crippen LogP contribution >= 0.6 is 0 Å². The first-order chi connectivity index (χ1) is 14.1. The van der Waals surface area contributed by atoms with Crippen LogP contribution in [0.15, 0.2) is 29.3 Å². The molecule has 0 radical (unpaired) electrons. The summed E-state index contributed by atoms with van der Waals surface area (Å²) in [5.74, 6) is 1.55. The highest BCUT2D eigenvalue weighted by molar-refractivity contribution is 5.79. The van der Waals surface area contributed by atoms with Crippen molar-refractivity contribution in [2.45, 2.75) is 45.8 Å². The molecule has 2 N–H and O–H groups in total. The number of aliphatic imine (C=N–C) groups is 1. The van der Waals surface area contributed by atoms with Crippen LogP contribution in [0.2, 0.25) is 0 Å². The van der Waals surface area contributed by atoms with Crippen molar-refractivity contribution in [2.24, 2.45) is 10.9 Å². The number of rotatable bonds is 10. The minimum absolute atomic E-state index is 0.512. The number of morpholine rings is 1. The number of nitrogens with zero attached hydrogens (tertiary/aromatic N) is 3. The summed E-state index contributed by atoms with van der Waals surface area (Å²) in [6.45, 7) is 11.0. The molecule has 0 amide bonds. The van der Waals surface area contributed by atoms with Gasteiger partial charge in [0, 0.05) is 45.8 Å². The molecule has 1 aromatic rings. The molecule has 0 bridgehead atoms. The van der Waals surface area contributed by atoms with Crippen LogP contribution in [-0.2, 0) is 17.8 Å². The fourth-order valence-electron chi connectivity index (χ4n) is 4.07. The second-order valence-corrected chi connectivity index (χ2v) is 8.15. The van der Waals surface area contributed by atoms with Gasteiger partial charge in [0.1, 0.15) is 0 Å². The largest absolute Gasteiger partial charge is 0.379 e. The molecule has 0 aromatic heterocycles. The summed E-state index contributed by atoms with van der Waals surface area (Å²) in [7, 11) is 6.03. The zero-order valence-electron chi connectivity index (χ0n) is 19.1. The highest BCUT2D eigenvalue weighted by Gasteiger charge is 2.26. The van der Waals surface area contributed by atoms with E-state index in [4.69, 9.17) is 4.74 Å². The molecule has 6 heteroatoms. The summed E-state index contributed by atoms with van der Waals surface area (Å²) in [5.41, 5.74) is 2.60. The van der Waals surface area contributed by atoms with Gasteiger partial charge in [-0.05, 0) is 31.1 Å². The van der Waals surface area contributed by atoms with Gasteiger partial charge in [-0.25, -0.2) is 0 Å². The number of hydrogen-bond donors (Lipinski definition) is 2. The molecule has 1 fully saturated rings. The third kappa shape index (κ3) is 7.96. The molecule has 164 valence electrons. The topological polar surface area (TPSA) is 52.1 Å². The Hall–Kier alpha value is -1.63. The third-order valence-corrected chi connectivity index (χ3v) is 5.79. The number of guanidine groups is 1. The van der Waals surface area contributed by atoms with Crippen molar-refractivity contribution >= 4 is 5.96 Å². The number of benzene rings is 1. The average Bonchev–Trinajstić information content (AvgIpc) is 2.74. The first kappa shape index (κ1) is 23.6. The van der Waals surface area contributed by atoms with Crippen LogP contribution in [0.3, 0.4) is 0 Å². The molecular formula is C23H41N5O. The Morgan fingerprint density at radius 3 is 2.24 bits per heavy atom. The molecule has 1 atom stereocenters. The van der Waals surface area contributed by atoms with E-state index in [1.54, 1.807) is 0 Å². The van der Waals surface area contributed by atoms with Crippen LogP contribution in [0.5, 0.6) is 0 Å². The lowest BCUT2D eigenvalue weighted by Crippen LogP contribution is -2.53. The van der Waals surface area contributed by atoms with Crippen LogP contribution in [0.4, 0.5) is 0 Å². The highest BCUT2D eigenvalue weighted by atomic mass is 16.5. The highest BCUT2D eigenvalue weighted by Crippen LogP contribution is 2.19. The second-order valence-electron chi connectivity index (χ2n) is 8.15. The van der Waals surface area contributed by atoms with E-state index >= 15 is 0 Å². The predicted octanol–water partition coefficient (Wildman–Crippen LogP) is 2.55. The minimum atomic E-state index is 0.512. The molecule has 1 heterocycles. The van der Waals surface area contributed by atoms with Crippen molar-refractivity contribution in [1.82, 2.24) is 20.4 Å². The van der Waals surface area contributed by atoms with Gasteiger partial charge in [0.2, 0.25) is 0 Å². The summed E-state index contributed by atoms with van der Waals surface area (Å²) in [6, 6.07) is 9.31. The predicted molar refractivity (Wildman–Crippen MR) is 122 cm³/mol.